The number of hydrogen-bond acceptors (Lipinski definition) is 8. The van der Waals surface area contributed by atoms with Crippen LogP contribution >= 0.6 is 0 Å². The van der Waals surface area contributed by atoms with Gasteiger partial charge in [0.2, 0.25) is 0 Å². The molecule has 6 rings (SSSR count). The summed E-state index contributed by atoms with van der Waals surface area (Å²) in [4.78, 5) is 30.4. The molecule has 0 unspecified atom stereocenters. The van der Waals surface area contributed by atoms with Gasteiger partial charge in [0.05, 0.1) is 29.5 Å². The minimum atomic E-state index is -5.14. The van der Waals surface area contributed by atoms with Crippen LogP contribution in [0.25, 0.3) is 22.2 Å². The van der Waals surface area contributed by atoms with Crippen molar-refractivity contribution in [1.29, 1.82) is 5.26 Å². The van der Waals surface area contributed by atoms with Gasteiger partial charge in [-0.2, -0.15) is 28.4 Å². The molecule has 0 spiro atoms. The number of nitrogens with zero attached hydrogens (tertiary/aromatic N) is 7. The molecular formula is C31H29F6N7O2. The van der Waals surface area contributed by atoms with Crippen LogP contribution in [0.4, 0.5) is 32.2 Å². The Morgan fingerprint density at radius 2 is 1.87 bits per heavy atom. The number of carbonyl (C=O) groups excluding carboxylic acids is 1. The number of fused-ring (bicyclic) bond motifs is 2. The lowest BCUT2D eigenvalue weighted by Gasteiger charge is -2.41. The third kappa shape index (κ3) is 5.59. The normalized spacial score (nSPS) is 19.7. The summed E-state index contributed by atoms with van der Waals surface area (Å²) in [6.07, 6.45) is -0.437. The maximum Gasteiger partial charge on any atom is 0.419 e. The van der Waals surface area contributed by atoms with Crippen LogP contribution in [0.1, 0.15) is 37.7 Å². The van der Waals surface area contributed by atoms with Crippen LogP contribution in [0, 0.1) is 23.0 Å². The zero-order valence-electron chi connectivity index (χ0n) is 24.6. The Bertz CT molecular complexity index is 1730. The maximum atomic E-state index is 16.3. The molecule has 3 fully saturated rings. The molecule has 9 nitrogen and oxygen atoms in total. The van der Waals surface area contributed by atoms with Crippen molar-refractivity contribution in [3.8, 4) is 23.3 Å². The molecule has 0 radical (unpaired) electrons. The summed E-state index contributed by atoms with van der Waals surface area (Å²) >= 11 is 0. The molecule has 3 aromatic rings. The number of ether oxygens (including phenoxy) is 1. The van der Waals surface area contributed by atoms with Crippen molar-refractivity contribution in [2.75, 3.05) is 44.2 Å². The molecule has 0 saturated carbocycles. The quantitative estimate of drug-likeness (QED) is 0.249. The molecule has 3 saturated heterocycles. The first kappa shape index (κ1) is 31.5. The number of alkyl halides is 3. The second-order valence-corrected chi connectivity index (χ2v) is 11.7. The molecule has 3 aliphatic heterocycles. The summed E-state index contributed by atoms with van der Waals surface area (Å²) in [5.74, 6) is -4.85. The fourth-order valence-electron chi connectivity index (χ4n) is 6.94. The number of amides is 1. The van der Waals surface area contributed by atoms with E-state index >= 15 is 4.39 Å². The summed E-state index contributed by atoms with van der Waals surface area (Å²) in [6.45, 7) is 5.14. The number of aromatic nitrogens is 3. The van der Waals surface area contributed by atoms with Crippen molar-refractivity contribution in [3.63, 3.8) is 0 Å². The van der Waals surface area contributed by atoms with E-state index < -0.39 is 57.9 Å². The summed E-state index contributed by atoms with van der Waals surface area (Å²) in [5.41, 5.74) is -3.86. The van der Waals surface area contributed by atoms with Crippen molar-refractivity contribution >= 4 is 22.6 Å². The van der Waals surface area contributed by atoms with E-state index in [9.17, 15) is 32.0 Å². The fourth-order valence-corrected chi connectivity index (χ4v) is 6.94. The van der Waals surface area contributed by atoms with Crippen LogP contribution in [0.3, 0.4) is 0 Å². The first-order chi connectivity index (χ1) is 21.9. The molecule has 242 valence electrons. The Labute approximate surface area is 260 Å². The number of pyridine rings is 1. The number of nitriles is 1. The van der Waals surface area contributed by atoms with Crippen molar-refractivity contribution in [2.45, 2.75) is 49.9 Å². The zero-order chi connectivity index (χ0) is 32.8. The van der Waals surface area contributed by atoms with Gasteiger partial charge in [-0.15, -0.1) is 0 Å². The van der Waals surface area contributed by atoms with Crippen molar-refractivity contribution in [1.82, 2.24) is 24.8 Å². The number of carbonyl (C=O) groups is 1. The summed E-state index contributed by atoms with van der Waals surface area (Å²) in [6, 6.07) is 3.56. The molecule has 0 bridgehead atoms. The van der Waals surface area contributed by atoms with E-state index in [-0.39, 0.29) is 55.4 Å². The third-order valence-electron chi connectivity index (χ3n) is 9.08. The average molecular weight is 646 g/mol. The second-order valence-electron chi connectivity index (χ2n) is 11.7. The van der Waals surface area contributed by atoms with Crippen LogP contribution in [0.5, 0.6) is 6.01 Å². The summed E-state index contributed by atoms with van der Waals surface area (Å²) in [5, 5.41) is 9.43. The third-order valence-corrected chi connectivity index (χ3v) is 9.08. The number of halogens is 6. The molecule has 0 aliphatic carbocycles. The van der Waals surface area contributed by atoms with Gasteiger partial charge in [0, 0.05) is 31.4 Å². The van der Waals surface area contributed by atoms with E-state index in [2.05, 4.69) is 26.4 Å². The molecule has 2 aromatic heterocycles. The molecule has 46 heavy (non-hydrogen) atoms. The molecule has 1 aromatic carbocycles. The van der Waals surface area contributed by atoms with E-state index in [1.807, 2.05) is 6.07 Å². The second kappa shape index (κ2) is 12.1. The van der Waals surface area contributed by atoms with Crippen molar-refractivity contribution in [2.24, 2.45) is 0 Å². The molecule has 3 aliphatic rings. The Balaban J connectivity index is 1.45. The average Bonchev–Trinajstić information content (AvgIpc) is 3.60. The predicted octanol–water partition coefficient (Wildman–Crippen LogP) is 5.41. The molecule has 5 heterocycles. The molecule has 15 heteroatoms. The smallest absolute Gasteiger partial charge is 0.419 e. The number of hydrogen-bond donors (Lipinski definition) is 0. The number of anilines is 1. The highest BCUT2D eigenvalue weighted by Crippen LogP contribution is 2.42. The van der Waals surface area contributed by atoms with Gasteiger partial charge >= 0.3 is 12.2 Å². The van der Waals surface area contributed by atoms with Crippen LogP contribution in [-0.4, -0.2) is 81.6 Å². The van der Waals surface area contributed by atoms with Crippen LogP contribution < -0.4 is 9.64 Å². The number of rotatable bonds is 7. The van der Waals surface area contributed by atoms with Gasteiger partial charge in [0.15, 0.2) is 11.6 Å². The Morgan fingerprint density at radius 3 is 2.54 bits per heavy atom. The molecular weight excluding hydrogens is 616 g/mol. The van der Waals surface area contributed by atoms with E-state index in [1.165, 1.54) is 4.90 Å². The van der Waals surface area contributed by atoms with Crippen molar-refractivity contribution < 1.29 is 35.9 Å². The number of piperazine rings is 1. The van der Waals surface area contributed by atoms with Gasteiger partial charge in [-0.25, -0.2) is 13.2 Å². The lowest BCUT2D eigenvalue weighted by atomic mass is 9.95. The van der Waals surface area contributed by atoms with Gasteiger partial charge in [-0.1, -0.05) is 18.7 Å². The summed E-state index contributed by atoms with van der Waals surface area (Å²) < 4.78 is 92.3. The highest BCUT2D eigenvalue weighted by atomic mass is 19.4. The van der Waals surface area contributed by atoms with Gasteiger partial charge < -0.3 is 14.5 Å². The zero-order valence-corrected chi connectivity index (χ0v) is 24.6. The van der Waals surface area contributed by atoms with E-state index in [0.717, 1.165) is 57.1 Å². The van der Waals surface area contributed by atoms with E-state index in [0.29, 0.717) is 6.07 Å². The highest BCUT2D eigenvalue weighted by Gasteiger charge is 2.45. The molecule has 1 amide bonds. The van der Waals surface area contributed by atoms with Gasteiger partial charge in [-0.05, 0) is 44.8 Å². The van der Waals surface area contributed by atoms with Gasteiger partial charge in [-0.3, -0.25) is 14.7 Å². The van der Waals surface area contributed by atoms with Gasteiger partial charge in [0.25, 0.3) is 5.91 Å². The topological polar surface area (TPSA) is 98.5 Å². The standard InChI is InChI=1S/C31H29F6N7O2/c1-18(32)28(45)44-14-13-42(16-19(44)7-10-38)27-21-15-39-25(20-5-2-6-22(33)23(20)31(35,36)37)24(34)26(21)40-29(41-27)46-17-30-8-3-11-43(30)12-4-9-30/h2,5-6,15,19H,1,3-4,7-9,11-14,16-17H2/t19-/m0/s1. The molecule has 1 atom stereocenters. The SMILES string of the molecule is C=C(F)C(=O)N1CCN(c2nc(OCC34CCCN3CCC4)nc3c(F)c(-c4cccc(F)c4C(F)(F)F)ncc23)C[C@@H]1CC#N. The van der Waals surface area contributed by atoms with E-state index in [4.69, 9.17) is 4.74 Å². The van der Waals surface area contributed by atoms with Gasteiger partial charge in [0.1, 0.15) is 35.0 Å². The predicted molar refractivity (Wildman–Crippen MR) is 154 cm³/mol. The summed E-state index contributed by atoms with van der Waals surface area (Å²) in [7, 11) is 0. The Morgan fingerprint density at radius 1 is 1.13 bits per heavy atom. The van der Waals surface area contributed by atoms with Crippen LogP contribution in [0.2, 0.25) is 0 Å². The fraction of sp³-hybridized carbons (Fsp3) is 0.452. The van der Waals surface area contributed by atoms with Crippen molar-refractivity contribution in [3.05, 3.63) is 54.0 Å². The highest BCUT2D eigenvalue weighted by molar-refractivity contribution is 5.93. The lowest BCUT2D eigenvalue weighted by molar-refractivity contribution is -0.139. The van der Waals surface area contributed by atoms with Crippen LogP contribution in [0.15, 0.2) is 36.8 Å². The largest absolute Gasteiger partial charge is 0.461 e. The first-order valence-electron chi connectivity index (χ1n) is 14.8. The van der Waals surface area contributed by atoms with E-state index in [1.54, 1.807) is 4.90 Å². The Hall–Kier alpha value is -4.45. The monoisotopic (exact) mass is 645 g/mol. The minimum absolute atomic E-state index is 0.0126. The number of benzene rings is 1. The lowest BCUT2D eigenvalue weighted by Crippen LogP contribution is -2.55. The Kier molecular flexibility index (Phi) is 8.26. The van der Waals surface area contributed by atoms with Crippen LogP contribution in [-0.2, 0) is 11.0 Å². The maximum absolute atomic E-state index is 16.3. The minimum Gasteiger partial charge on any atom is -0.461 e. The molecule has 0 N–H and O–H groups in total. The first-order valence-corrected chi connectivity index (χ1v) is 14.8.